The van der Waals surface area contributed by atoms with Gasteiger partial charge in [-0.15, -0.1) is 0 Å². The summed E-state index contributed by atoms with van der Waals surface area (Å²) >= 11 is 6.15. The van der Waals surface area contributed by atoms with Crippen molar-refractivity contribution in [2.75, 3.05) is 20.3 Å². The highest BCUT2D eigenvalue weighted by Gasteiger charge is 2.19. The Hall–Kier alpha value is -0.810. The van der Waals surface area contributed by atoms with E-state index in [0.29, 0.717) is 0 Å². The summed E-state index contributed by atoms with van der Waals surface area (Å²) in [5, 5.41) is 0.770. The fourth-order valence-electron chi connectivity index (χ4n) is 2.48. The molecule has 1 aromatic carbocycles. The van der Waals surface area contributed by atoms with Crippen LogP contribution in [0, 0.1) is 0 Å². The van der Waals surface area contributed by atoms with E-state index in [-0.39, 0.29) is 6.04 Å². The van der Waals surface area contributed by atoms with Gasteiger partial charge in [0.05, 0.1) is 6.61 Å². The van der Waals surface area contributed by atoms with Gasteiger partial charge in [-0.3, -0.25) is 11.3 Å². The number of benzene rings is 1. The third-order valence-corrected chi connectivity index (χ3v) is 3.65. The van der Waals surface area contributed by atoms with Crippen LogP contribution in [0.5, 0.6) is 5.75 Å². The van der Waals surface area contributed by atoms with Crippen LogP contribution in [-0.4, -0.2) is 26.4 Å². The number of hydrogen-bond donors (Lipinski definition) is 2. The molecule has 0 spiro atoms. The summed E-state index contributed by atoms with van der Waals surface area (Å²) in [7, 11) is 1.71. The first-order valence-electron chi connectivity index (χ1n) is 6.63. The van der Waals surface area contributed by atoms with Crippen LogP contribution >= 0.6 is 11.6 Å². The molecule has 4 nitrogen and oxygen atoms in total. The van der Waals surface area contributed by atoms with Crippen molar-refractivity contribution in [3.05, 3.63) is 28.3 Å². The lowest BCUT2D eigenvalue weighted by atomic mass is 9.99. The molecule has 5 heteroatoms. The number of fused-ring (bicyclic) bond motifs is 1. The maximum atomic E-state index is 6.15. The third-order valence-electron chi connectivity index (χ3n) is 3.43. The van der Waals surface area contributed by atoms with Gasteiger partial charge >= 0.3 is 0 Å². The average Bonchev–Trinajstić information content (AvgIpc) is 2.85. The van der Waals surface area contributed by atoms with E-state index in [1.54, 1.807) is 7.11 Å². The van der Waals surface area contributed by atoms with Gasteiger partial charge in [0, 0.05) is 31.2 Å². The van der Waals surface area contributed by atoms with Gasteiger partial charge in [0.15, 0.2) is 0 Å². The molecular weight excluding hydrogens is 264 g/mol. The topological polar surface area (TPSA) is 56.5 Å². The van der Waals surface area contributed by atoms with E-state index >= 15 is 0 Å². The minimum Gasteiger partial charge on any atom is -0.493 e. The Kier molecular flexibility index (Phi) is 5.45. The van der Waals surface area contributed by atoms with Crippen LogP contribution < -0.4 is 16.0 Å². The number of methoxy groups -OCH3 is 1. The van der Waals surface area contributed by atoms with Crippen molar-refractivity contribution >= 4 is 11.6 Å². The monoisotopic (exact) mass is 284 g/mol. The van der Waals surface area contributed by atoms with Crippen molar-refractivity contribution in [1.29, 1.82) is 0 Å². The Morgan fingerprint density at radius 3 is 3.11 bits per heavy atom. The van der Waals surface area contributed by atoms with Crippen molar-refractivity contribution in [3.8, 4) is 5.75 Å². The van der Waals surface area contributed by atoms with Crippen LogP contribution in [0.1, 0.15) is 24.0 Å². The van der Waals surface area contributed by atoms with Gasteiger partial charge in [-0.2, -0.15) is 0 Å². The molecule has 1 atom stereocenters. The molecule has 0 aromatic heterocycles. The molecule has 1 aliphatic rings. The van der Waals surface area contributed by atoms with E-state index < -0.39 is 0 Å². The van der Waals surface area contributed by atoms with Crippen LogP contribution in [0.4, 0.5) is 0 Å². The lowest BCUT2D eigenvalue weighted by Gasteiger charge is -2.17. The predicted octanol–water partition coefficient (Wildman–Crippen LogP) is 2.08. The normalized spacial score (nSPS) is 15.1. The van der Waals surface area contributed by atoms with Gasteiger partial charge in [0.2, 0.25) is 0 Å². The number of hydrazine groups is 1. The van der Waals surface area contributed by atoms with E-state index in [4.69, 9.17) is 26.9 Å². The van der Waals surface area contributed by atoms with Crippen molar-refractivity contribution in [2.24, 2.45) is 5.84 Å². The zero-order chi connectivity index (χ0) is 13.7. The Morgan fingerprint density at radius 1 is 1.53 bits per heavy atom. The van der Waals surface area contributed by atoms with Gasteiger partial charge in [-0.05, 0) is 42.5 Å². The second-order valence-electron chi connectivity index (χ2n) is 4.85. The highest BCUT2D eigenvalue weighted by molar-refractivity contribution is 6.30. The summed E-state index contributed by atoms with van der Waals surface area (Å²) < 4.78 is 10.8. The lowest BCUT2D eigenvalue weighted by Crippen LogP contribution is -2.37. The highest BCUT2D eigenvalue weighted by Crippen LogP contribution is 2.33. The van der Waals surface area contributed by atoms with Gasteiger partial charge < -0.3 is 9.47 Å². The predicted molar refractivity (Wildman–Crippen MR) is 76.6 cm³/mol. The first-order valence-corrected chi connectivity index (χ1v) is 7.01. The molecule has 0 bridgehead atoms. The molecule has 0 saturated carbocycles. The number of nitrogens with two attached hydrogens (primary N) is 1. The largest absolute Gasteiger partial charge is 0.493 e. The molecule has 3 N–H and O–H groups in total. The first-order chi connectivity index (χ1) is 9.24. The van der Waals surface area contributed by atoms with Gasteiger partial charge in [-0.1, -0.05) is 11.6 Å². The quantitative estimate of drug-likeness (QED) is 0.457. The SMILES string of the molecule is COCCCC(Cc1cc(Cl)cc2c1OCC2)NN. The van der Waals surface area contributed by atoms with Gasteiger partial charge in [0.1, 0.15) is 5.75 Å². The van der Waals surface area contributed by atoms with E-state index in [0.717, 1.165) is 55.2 Å². The number of ether oxygens (including phenoxy) is 2. The zero-order valence-corrected chi connectivity index (χ0v) is 12.0. The highest BCUT2D eigenvalue weighted by atomic mass is 35.5. The van der Waals surface area contributed by atoms with Crippen LogP contribution in [0.25, 0.3) is 0 Å². The third kappa shape index (κ3) is 3.83. The van der Waals surface area contributed by atoms with Crippen molar-refractivity contribution in [2.45, 2.75) is 31.7 Å². The summed E-state index contributed by atoms with van der Waals surface area (Å²) in [6.45, 7) is 1.50. The van der Waals surface area contributed by atoms with Crippen LogP contribution in [0.15, 0.2) is 12.1 Å². The second-order valence-corrected chi connectivity index (χ2v) is 5.29. The molecule has 1 heterocycles. The van der Waals surface area contributed by atoms with Crippen LogP contribution in [-0.2, 0) is 17.6 Å². The van der Waals surface area contributed by atoms with E-state index in [1.165, 1.54) is 5.56 Å². The Balaban J connectivity index is 2.05. The lowest BCUT2D eigenvalue weighted by molar-refractivity contribution is 0.188. The molecule has 1 unspecified atom stereocenters. The molecule has 0 amide bonds. The summed E-state index contributed by atoms with van der Waals surface area (Å²) in [6, 6.07) is 4.18. The van der Waals surface area contributed by atoms with Crippen molar-refractivity contribution < 1.29 is 9.47 Å². The molecule has 2 rings (SSSR count). The smallest absolute Gasteiger partial charge is 0.125 e. The summed E-state index contributed by atoms with van der Waals surface area (Å²) in [6.07, 6.45) is 3.71. The summed E-state index contributed by atoms with van der Waals surface area (Å²) in [5.41, 5.74) is 5.21. The Bertz CT molecular complexity index is 426. The number of hydrogen-bond acceptors (Lipinski definition) is 4. The fourth-order valence-corrected chi connectivity index (χ4v) is 2.74. The fraction of sp³-hybridized carbons (Fsp3) is 0.571. The van der Waals surface area contributed by atoms with Crippen molar-refractivity contribution in [3.63, 3.8) is 0 Å². The van der Waals surface area contributed by atoms with Gasteiger partial charge in [0.25, 0.3) is 0 Å². The molecule has 1 aliphatic heterocycles. The summed E-state index contributed by atoms with van der Waals surface area (Å²) in [4.78, 5) is 0. The summed E-state index contributed by atoms with van der Waals surface area (Å²) in [5.74, 6) is 6.62. The molecule has 106 valence electrons. The maximum absolute atomic E-state index is 6.15. The van der Waals surface area contributed by atoms with E-state index in [9.17, 15) is 0 Å². The standard InChI is InChI=1S/C14H21ClN2O2/c1-18-5-2-3-13(17-16)9-11-8-12(15)7-10-4-6-19-14(10)11/h7-8,13,17H,2-6,9,16H2,1H3. The van der Waals surface area contributed by atoms with Gasteiger partial charge in [-0.25, -0.2) is 0 Å². The number of halogens is 1. The second kappa shape index (κ2) is 7.10. The van der Waals surface area contributed by atoms with Crippen LogP contribution in [0.2, 0.25) is 5.02 Å². The number of rotatable bonds is 7. The molecule has 0 saturated heterocycles. The average molecular weight is 285 g/mol. The van der Waals surface area contributed by atoms with E-state index in [2.05, 4.69) is 5.43 Å². The molecular formula is C14H21ClN2O2. The molecule has 19 heavy (non-hydrogen) atoms. The molecule has 0 radical (unpaired) electrons. The minimum atomic E-state index is 0.210. The molecule has 1 aromatic rings. The minimum absolute atomic E-state index is 0.210. The molecule has 0 aliphatic carbocycles. The Morgan fingerprint density at radius 2 is 2.37 bits per heavy atom. The zero-order valence-electron chi connectivity index (χ0n) is 11.2. The van der Waals surface area contributed by atoms with Crippen LogP contribution in [0.3, 0.4) is 0 Å². The Labute approximate surface area is 119 Å². The first kappa shape index (κ1) is 14.6. The number of nitrogens with one attached hydrogen (secondary N) is 1. The maximum Gasteiger partial charge on any atom is 0.125 e. The van der Waals surface area contributed by atoms with E-state index in [1.807, 2.05) is 12.1 Å². The van der Waals surface area contributed by atoms with Crippen molar-refractivity contribution in [1.82, 2.24) is 5.43 Å². The molecule has 0 fully saturated rings.